The van der Waals surface area contributed by atoms with Crippen molar-refractivity contribution in [3.8, 4) is 5.75 Å². The summed E-state index contributed by atoms with van der Waals surface area (Å²) in [6.45, 7) is 5.95. The molecule has 0 bridgehead atoms. The third kappa shape index (κ3) is 3.86. The van der Waals surface area contributed by atoms with Crippen molar-refractivity contribution in [3.63, 3.8) is 0 Å². The Kier molecular flexibility index (Phi) is 5.82. The van der Waals surface area contributed by atoms with Crippen LogP contribution in [0.4, 0.5) is 0 Å². The molecule has 21 heavy (non-hydrogen) atoms. The minimum absolute atomic E-state index is 0.182. The summed E-state index contributed by atoms with van der Waals surface area (Å²) < 4.78 is 8.59. The predicted octanol–water partition coefficient (Wildman–Crippen LogP) is 3.57. The minimum Gasteiger partial charge on any atom is -0.493 e. The molecule has 1 aromatic heterocycles. The van der Waals surface area contributed by atoms with E-state index < -0.39 is 0 Å². The Morgan fingerprint density at radius 1 is 1.38 bits per heavy atom. The molecule has 1 atom stereocenters. The number of benzene rings is 1. The van der Waals surface area contributed by atoms with Crippen LogP contribution in [0.2, 0.25) is 0 Å². The molecule has 0 saturated carbocycles. The van der Waals surface area contributed by atoms with E-state index in [0.29, 0.717) is 0 Å². The number of ether oxygens (including phenoxy) is 1. The highest BCUT2D eigenvalue weighted by molar-refractivity contribution is 9.10. The lowest BCUT2D eigenvalue weighted by Crippen LogP contribution is -2.26. The molecule has 1 aromatic carbocycles. The molecule has 1 N–H and O–H groups in total. The van der Waals surface area contributed by atoms with Gasteiger partial charge in [0.05, 0.1) is 25.0 Å². The van der Waals surface area contributed by atoms with Crippen LogP contribution in [0.3, 0.4) is 0 Å². The fraction of sp³-hybridized carbons (Fsp3) is 0.438. The van der Waals surface area contributed by atoms with E-state index in [-0.39, 0.29) is 6.04 Å². The van der Waals surface area contributed by atoms with Gasteiger partial charge >= 0.3 is 0 Å². The van der Waals surface area contributed by atoms with Crippen LogP contribution in [-0.2, 0) is 13.0 Å². The van der Waals surface area contributed by atoms with Crippen LogP contribution in [0, 0.1) is 0 Å². The minimum atomic E-state index is 0.182. The van der Waals surface area contributed by atoms with Crippen molar-refractivity contribution in [2.45, 2.75) is 32.9 Å². The molecule has 0 saturated heterocycles. The highest BCUT2D eigenvalue weighted by Gasteiger charge is 2.21. The Balaban J connectivity index is 2.32. The van der Waals surface area contributed by atoms with E-state index in [2.05, 4.69) is 58.4 Å². The first-order valence-electron chi connectivity index (χ1n) is 7.27. The second-order valence-corrected chi connectivity index (χ2v) is 5.77. The van der Waals surface area contributed by atoms with Crippen LogP contribution < -0.4 is 10.1 Å². The van der Waals surface area contributed by atoms with Crippen molar-refractivity contribution in [2.24, 2.45) is 0 Å². The van der Waals surface area contributed by atoms with Crippen LogP contribution in [0.5, 0.6) is 5.75 Å². The van der Waals surface area contributed by atoms with E-state index in [4.69, 9.17) is 4.74 Å². The van der Waals surface area contributed by atoms with Crippen LogP contribution >= 0.6 is 15.9 Å². The molecule has 0 aliphatic carbocycles. The van der Waals surface area contributed by atoms with E-state index in [0.717, 1.165) is 35.4 Å². The molecule has 0 aliphatic heterocycles. The van der Waals surface area contributed by atoms with Crippen LogP contribution in [0.15, 0.2) is 34.9 Å². The van der Waals surface area contributed by atoms with Gasteiger partial charge in [-0.25, -0.2) is 0 Å². The molecule has 2 aromatic rings. The highest BCUT2D eigenvalue weighted by Crippen LogP contribution is 2.28. The molecule has 0 fully saturated rings. The first-order chi connectivity index (χ1) is 10.2. The Hall–Kier alpha value is -1.33. The second-order valence-electron chi connectivity index (χ2n) is 4.86. The zero-order valence-corrected chi connectivity index (χ0v) is 14.4. The zero-order chi connectivity index (χ0) is 15.2. The molecular formula is C16H22BrN3O. The summed E-state index contributed by atoms with van der Waals surface area (Å²) in [4.78, 5) is 0. The van der Waals surface area contributed by atoms with Gasteiger partial charge in [-0.3, -0.25) is 4.68 Å². The molecule has 5 heteroatoms. The molecule has 1 unspecified atom stereocenters. The van der Waals surface area contributed by atoms with Gasteiger partial charge in [0.25, 0.3) is 0 Å². The maximum atomic E-state index is 5.48. The SMILES string of the molecule is CCNC(Cc1cccc(Br)c1)c1c(OC)cnn1CC. The van der Waals surface area contributed by atoms with Crippen LogP contribution in [0.1, 0.15) is 31.1 Å². The second kappa shape index (κ2) is 7.61. The van der Waals surface area contributed by atoms with Gasteiger partial charge in [0, 0.05) is 11.0 Å². The van der Waals surface area contributed by atoms with Crippen molar-refractivity contribution >= 4 is 15.9 Å². The van der Waals surface area contributed by atoms with Crippen molar-refractivity contribution in [3.05, 3.63) is 46.2 Å². The number of aromatic nitrogens is 2. The molecule has 0 spiro atoms. The van der Waals surface area contributed by atoms with Gasteiger partial charge in [-0.05, 0) is 37.6 Å². The fourth-order valence-electron chi connectivity index (χ4n) is 2.55. The number of halogens is 1. The summed E-state index contributed by atoms with van der Waals surface area (Å²) in [7, 11) is 1.70. The lowest BCUT2D eigenvalue weighted by atomic mass is 10.0. The van der Waals surface area contributed by atoms with Crippen molar-refractivity contribution in [1.82, 2.24) is 15.1 Å². The Labute approximate surface area is 134 Å². The van der Waals surface area contributed by atoms with Gasteiger partial charge in [-0.15, -0.1) is 0 Å². The number of methoxy groups -OCH3 is 1. The van der Waals surface area contributed by atoms with Crippen molar-refractivity contribution in [1.29, 1.82) is 0 Å². The van der Waals surface area contributed by atoms with Gasteiger partial charge in [0.2, 0.25) is 0 Å². The van der Waals surface area contributed by atoms with Gasteiger partial charge in [0.15, 0.2) is 5.75 Å². The molecule has 0 amide bonds. The molecule has 0 radical (unpaired) electrons. The number of rotatable bonds is 7. The summed E-state index contributed by atoms with van der Waals surface area (Å²) in [6, 6.07) is 8.60. The first-order valence-corrected chi connectivity index (χ1v) is 8.06. The Bertz CT molecular complexity index is 561. The summed E-state index contributed by atoms with van der Waals surface area (Å²) in [6.07, 6.45) is 2.69. The molecule has 2 rings (SSSR count). The lowest BCUT2D eigenvalue weighted by molar-refractivity contribution is 0.391. The average Bonchev–Trinajstić information content (AvgIpc) is 2.89. The first kappa shape index (κ1) is 16.0. The largest absolute Gasteiger partial charge is 0.493 e. The zero-order valence-electron chi connectivity index (χ0n) is 12.8. The third-order valence-electron chi connectivity index (χ3n) is 3.47. The lowest BCUT2D eigenvalue weighted by Gasteiger charge is -2.20. The van der Waals surface area contributed by atoms with E-state index in [1.165, 1.54) is 5.56 Å². The van der Waals surface area contributed by atoms with Gasteiger partial charge in [-0.1, -0.05) is 35.0 Å². The normalized spacial score (nSPS) is 12.4. The summed E-state index contributed by atoms with van der Waals surface area (Å²) in [5.41, 5.74) is 2.39. The average molecular weight is 352 g/mol. The van der Waals surface area contributed by atoms with E-state index in [1.54, 1.807) is 13.3 Å². The molecule has 4 nitrogen and oxygen atoms in total. The maximum Gasteiger partial charge on any atom is 0.161 e. The molecular weight excluding hydrogens is 330 g/mol. The number of nitrogens with zero attached hydrogens (tertiary/aromatic N) is 2. The van der Waals surface area contributed by atoms with Crippen molar-refractivity contribution < 1.29 is 4.74 Å². The van der Waals surface area contributed by atoms with Gasteiger partial charge < -0.3 is 10.1 Å². The molecule has 1 heterocycles. The smallest absolute Gasteiger partial charge is 0.161 e. The third-order valence-corrected chi connectivity index (χ3v) is 3.97. The number of hydrogen-bond donors (Lipinski definition) is 1. The van der Waals surface area contributed by atoms with Crippen LogP contribution in [-0.4, -0.2) is 23.4 Å². The Morgan fingerprint density at radius 3 is 2.81 bits per heavy atom. The standard InChI is InChI=1S/C16H22BrN3O/c1-4-18-14(10-12-7-6-8-13(17)9-12)16-15(21-3)11-19-20(16)5-2/h6-9,11,14,18H,4-5,10H2,1-3H3. The number of aryl methyl sites for hydroxylation is 1. The Morgan fingerprint density at radius 2 is 2.19 bits per heavy atom. The predicted molar refractivity (Wildman–Crippen MR) is 88.7 cm³/mol. The van der Waals surface area contributed by atoms with Crippen molar-refractivity contribution in [2.75, 3.05) is 13.7 Å². The highest BCUT2D eigenvalue weighted by atomic mass is 79.9. The van der Waals surface area contributed by atoms with Crippen LogP contribution in [0.25, 0.3) is 0 Å². The number of nitrogens with one attached hydrogen (secondary N) is 1. The topological polar surface area (TPSA) is 39.1 Å². The number of hydrogen-bond acceptors (Lipinski definition) is 3. The monoisotopic (exact) mass is 351 g/mol. The summed E-state index contributed by atoms with van der Waals surface area (Å²) in [5, 5.41) is 7.96. The molecule has 114 valence electrons. The van der Waals surface area contributed by atoms with Gasteiger partial charge in [0.1, 0.15) is 0 Å². The van der Waals surface area contributed by atoms with E-state index >= 15 is 0 Å². The molecule has 0 aliphatic rings. The van der Waals surface area contributed by atoms with E-state index in [9.17, 15) is 0 Å². The maximum absolute atomic E-state index is 5.48. The summed E-state index contributed by atoms with van der Waals surface area (Å²) in [5.74, 6) is 0.845. The van der Waals surface area contributed by atoms with Gasteiger partial charge in [-0.2, -0.15) is 5.10 Å². The quantitative estimate of drug-likeness (QED) is 0.828. The number of likely N-dealkylation sites (N-methyl/N-ethyl adjacent to an activating group) is 1. The summed E-state index contributed by atoms with van der Waals surface area (Å²) >= 11 is 3.53. The van der Waals surface area contributed by atoms with E-state index in [1.807, 2.05) is 10.7 Å². The fourth-order valence-corrected chi connectivity index (χ4v) is 3.00.